The summed E-state index contributed by atoms with van der Waals surface area (Å²) in [5, 5.41) is 0.945. The van der Waals surface area contributed by atoms with Gasteiger partial charge in [0.05, 0.1) is 11.4 Å². The number of pyridine rings is 1. The van der Waals surface area contributed by atoms with Crippen LogP contribution < -0.4 is 5.73 Å². The van der Waals surface area contributed by atoms with Crippen LogP contribution in [0.5, 0.6) is 0 Å². The molecule has 2 heterocycles. The van der Waals surface area contributed by atoms with Crippen LogP contribution in [-0.2, 0) is 0 Å². The lowest BCUT2D eigenvalue weighted by Gasteiger charge is -1.99. The van der Waals surface area contributed by atoms with Gasteiger partial charge in [0.25, 0.3) is 0 Å². The minimum Gasteiger partial charge on any atom is -0.323 e. The van der Waals surface area contributed by atoms with Crippen molar-refractivity contribution in [3.05, 3.63) is 35.0 Å². The van der Waals surface area contributed by atoms with E-state index in [0.29, 0.717) is 0 Å². The number of thiazole rings is 1. The third-order valence-corrected chi connectivity index (χ3v) is 3.51. The number of nitrogens with zero attached hydrogens (tertiary/aromatic N) is 2. The summed E-state index contributed by atoms with van der Waals surface area (Å²) < 4.78 is 0. The number of rotatable bonds is 2. The fourth-order valence-electron chi connectivity index (χ4n) is 1.43. The molecule has 0 aliphatic heterocycles. The van der Waals surface area contributed by atoms with Crippen LogP contribution in [0.4, 0.5) is 0 Å². The first-order chi connectivity index (χ1) is 7.18. The van der Waals surface area contributed by atoms with Gasteiger partial charge in [-0.2, -0.15) is 0 Å². The lowest BCUT2D eigenvalue weighted by Crippen LogP contribution is -2.03. The van der Waals surface area contributed by atoms with Gasteiger partial charge >= 0.3 is 0 Å². The molecule has 1 unspecified atom stereocenters. The van der Waals surface area contributed by atoms with Gasteiger partial charge < -0.3 is 5.73 Å². The van der Waals surface area contributed by atoms with Crippen molar-refractivity contribution in [2.45, 2.75) is 19.9 Å². The quantitative estimate of drug-likeness (QED) is 0.844. The molecule has 0 saturated carbocycles. The molecule has 15 heavy (non-hydrogen) atoms. The molecule has 0 fully saturated rings. The number of hydrogen-bond donors (Lipinski definition) is 1. The van der Waals surface area contributed by atoms with Gasteiger partial charge in [0, 0.05) is 17.1 Å². The monoisotopic (exact) mass is 219 g/mol. The standard InChI is InChI=1S/C11H13N3S/c1-7(12)10-8(2)14-11(15-10)9-5-3-4-6-13-9/h3-7H,12H2,1-2H3. The highest BCUT2D eigenvalue weighted by Crippen LogP contribution is 2.29. The van der Waals surface area contributed by atoms with Crippen molar-refractivity contribution < 1.29 is 0 Å². The van der Waals surface area contributed by atoms with E-state index in [-0.39, 0.29) is 6.04 Å². The van der Waals surface area contributed by atoms with E-state index in [1.54, 1.807) is 17.5 Å². The molecule has 2 N–H and O–H groups in total. The molecule has 0 aliphatic rings. The summed E-state index contributed by atoms with van der Waals surface area (Å²) >= 11 is 1.62. The fraction of sp³-hybridized carbons (Fsp3) is 0.273. The van der Waals surface area contributed by atoms with Crippen molar-refractivity contribution in [1.29, 1.82) is 0 Å². The van der Waals surface area contributed by atoms with E-state index in [2.05, 4.69) is 9.97 Å². The highest BCUT2D eigenvalue weighted by atomic mass is 32.1. The number of aryl methyl sites for hydroxylation is 1. The molecule has 2 aromatic heterocycles. The minimum absolute atomic E-state index is 0.0416. The van der Waals surface area contributed by atoms with Crippen LogP contribution in [0.2, 0.25) is 0 Å². The zero-order chi connectivity index (χ0) is 10.8. The first-order valence-corrected chi connectivity index (χ1v) is 5.64. The lowest BCUT2D eigenvalue weighted by molar-refractivity contribution is 0.825. The SMILES string of the molecule is Cc1nc(-c2ccccn2)sc1C(C)N. The summed E-state index contributed by atoms with van der Waals surface area (Å²) in [6.07, 6.45) is 1.78. The van der Waals surface area contributed by atoms with Gasteiger partial charge in [0.15, 0.2) is 0 Å². The van der Waals surface area contributed by atoms with Crippen LogP contribution in [-0.4, -0.2) is 9.97 Å². The van der Waals surface area contributed by atoms with E-state index in [4.69, 9.17) is 5.73 Å². The zero-order valence-electron chi connectivity index (χ0n) is 8.77. The van der Waals surface area contributed by atoms with Crippen molar-refractivity contribution >= 4 is 11.3 Å². The van der Waals surface area contributed by atoms with E-state index < -0.39 is 0 Å². The Balaban J connectivity index is 2.43. The molecule has 0 radical (unpaired) electrons. The van der Waals surface area contributed by atoms with Crippen molar-refractivity contribution in [3.63, 3.8) is 0 Å². The second-order valence-corrected chi connectivity index (χ2v) is 4.50. The summed E-state index contributed by atoms with van der Waals surface area (Å²) in [6.45, 7) is 3.96. The molecule has 1 atom stereocenters. The minimum atomic E-state index is 0.0416. The van der Waals surface area contributed by atoms with Gasteiger partial charge in [-0.3, -0.25) is 4.98 Å². The predicted octanol–water partition coefficient (Wildman–Crippen LogP) is 2.53. The highest BCUT2D eigenvalue weighted by Gasteiger charge is 2.12. The molecule has 2 aromatic rings. The van der Waals surface area contributed by atoms with Gasteiger partial charge in [-0.15, -0.1) is 11.3 Å². The van der Waals surface area contributed by atoms with Crippen molar-refractivity contribution in [1.82, 2.24) is 9.97 Å². The zero-order valence-corrected chi connectivity index (χ0v) is 9.58. The van der Waals surface area contributed by atoms with Crippen LogP contribution in [0.25, 0.3) is 10.7 Å². The third-order valence-electron chi connectivity index (χ3n) is 2.13. The van der Waals surface area contributed by atoms with Crippen molar-refractivity contribution in [2.24, 2.45) is 5.73 Å². The molecular formula is C11H13N3S. The summed E-state index contributed by atoms with van der Waals surface area (Å²) in [6, 6.07) is 5.87. The molecule has 0 aromatic carbocycles. The maximum absolute atomic E-state index is 5.86. The topological polar surface area (TPSA) is 51.8 Å². The second kappa shape index (κ2) is 4.08. The van der Waals surface area contributed by atoms with E-state index in [1.807, 2.05) is 32.0 Å². The van der Waals surface area contributed by atoms with Crippen molar-refractivity contribution in [3.8, 4) is 10.7 Å². The van der Waals surface area contributed by atoms with E-state index in [0.717, 1.165) is 21.3 Å². The van der Waals surface area contributed by atoms with Crippen molar-refractivity contribution in [2.75, 3.05) is 0 Å². The summed E-state index contributed by atoms with van der Waals surface area (Å²) in [7, 11) is 0. The molecule has 0 bridgehead atoms. The lowest BCUT2D eigenvalue weighted by atomic mass is 10.2. The van der Waals surface area contributed by atoms with E-state index in [1.165, 1.54) is 0 Å². The highest BCUT2D eigenvalue weighted by molar-refractivity contribution is 7.15. The Hall–Kier alpha value is -1.26. The molecule has 0 spiro atoms. The van der Waals surface area contributed by atoms with Gasteiger partial charge in [-0.25, -0.2) is 4.98 Å². The third kappa shape index (κ3) is 2.06. The van der Waals surface area contributed by atoms with Crippen LogP contribution in [0.3, 0.4) is 0 Å². The van der Waals surface area contributed by atoms with E-state index >= 15 is 0 Å². The number of aromatic nitrogens is 2. The maximum Gasteiger partial charge on any atom is 0.142 e. The Morgan fingerprint density at radius 2 is 2.20 bits per heavy atom. The molecule has 2 rings (SSSR count). The Kier molecular flexibility index (Phi) is 2.79. The molecule has 4 heteroatoms. The molecular weight excluding hydrogens is 206 g/mol. The molecule has 78 valence electrons. The van der Waals surface area contributed by atoms with E-state index in [9.17, 15) is 0 Å². The van der Waals surface area contributed by atoms with Gasteiger partial charge in [0.1, 0.15) is 5.01 Å². The Bertz CT molecular complexity index is 448. The van der Waals surface area contributed by atoms with Gasteiger partial charge in [-0.1, -0.05) is 6.07 Å². The Morgan fingerprint density at radius 1 is 1.40 bits per heavy atom. The molecule has 0 aliphatic carbocycles. The smallest absolute Gasteiger partial charge is 0.142 e. The first-order valence-electron chi connectivity index (χ1n) is 4.83. The fourth-order valence-corrected chi connectivity index (χ4v) is 2.42. The largest absolute Gasteiger partial charge is 0.323 e. The molecule has 3 nitrogen and oxygen atoms in total. The van der Waals surface area contributed by atoms with Crippen LogP contribution in [0, 0.1) is 6.92 Å². The second-order valence-electron chi connectivity index (χ2n) is 3.47. The van der Waals surface area contributed by atoms with Gasteiger partial charge in [0.2, 0.25) is 0 Å². The van der Waals surface area contributed by atoms with Crippen LogP contribution in [0.1, 0.15) is 23.5 Å². The molecule has 0 saturated heterocycles. The summed E-state index contributed by atoms with van der Waals surface area (Å²) in [4.78, 5) is 9.88. The number of nitrogens with two attached hydrogens (primary N) is 1. The van der Waals surface area contributed by atoms with Gasteiger partial charge in [-0.05, 0) is 26.0 Å². The average molecular weight is 219 g/mol. The predicted molar refractivity (Wildman–Crippen MR) is 62.7 cm³/mol. The Labute approximate surface area is 93.0 Å². The van der Waals surface area contributed by atoms with Crippen LogP contribution >= 0.6 is 11.3 Å². The average Bonchev–Trinajstić information content (AvgIpc) is 2.62. The summed E-state index contributed by atoms with van der Waals surface area (Å²) in [5.74, 6) is 0. The maximum atomic E-state index is 5.86. The van der Waals surface area contributed by atoms with Crippen LogP contribution in [0.15, 0.2) is 24.4 Å². The first kappa shape index (κ1) is 10.3. The Morgan fingerprint density at radius 3 is 2.73 bits per heavy atom. The normalized spacial score (nSPS) is 12.7. The molecule has 0 amide bonds. The summed E-state index contributed by atoms with van der Waals surface area (Å²) in [5.41, 5.74) is 7.78. The number of hydrogen-bond acceptors (Lipinski definition) is 4.